The molecule has 4 rings (SSSR count). The maximum atomic E-state index is 13.3. The van der Waals surface area contributed by atoms with Crippen LogP contribution in [0.3, 0.4) is 0 Å². The second kappa shape index (κ2) is 11.1. The summed E-state index contributed by atoms with van der Waals surface area (Å²) < 4.78 is 0. The third-order valence-electron chi connectivity index (χ3n) is 6.56. The molecule has 0 saturated heterocycles. The zero-order valence-corrected chi connectivity index (χ0v) is 19.9. The van der Waals surface area contributed by atoms with Crippen LogP contribution in [0.2, 0.25) is 0 Å². The highest BCUT2D eigenvalue weighted by Crippen LogP contribution is 2.30. The zero-order valence-electron chi connectivity index (χ0n) is 19.9. The number of carbonyl (C=O) groups is 2. The van der Waals surface area contributed by atoms with Crippen molar-refractivity contribution in [1.82, 2.24) is 5.43 Å². The fourth-order valence-corrected chi connectivity index (χ4v) is 4.50. The van der Waals surface area contributed by atoms with Gasteiger partial charge in [0, 0.05) is 11.6 Å². The lowest BCUT2D eigenvalue weighted by Gasteiger charge is -2.27. The SMILES string of the molecule is C/C(=N\NC(=O)C(O)(c1ccccc1)c1ccccc1)c1cccc(NC(=O)C2CCCCC2)c1. The molecule has 180 valence electrons. The molecule has 3 aromatic carbocycles. The highest BCUT2D eigenvalue weighted by molar-refractivity contribution is 6.01. The normalized spacial score (nSPS) is 14.9. The quantitative estimate of drug-likeness (QED) is 0.337. The number of nitrogens with one attached hydrogen (secondary N) is 2. The molecule has 3 aromatic rings. The van der Waals surface area contributed by atoms with Gasteiger partial charge in [0.25, 0.3) is 5.91 Å². The number of hydrogen-bond acceptors (Lipinski definition) is 4. The molecule has 2 amide bonds. The van der Waals surface area contributed by atoms with Crippen molar-refractivity contribution >= 4 is 23.2 Å². The number of benzene rings is 3. The van der Waals surface area contributed by atoms with Crippen LogP contribution in [0.15, 0.2) is 90.0 Å². The van der Waals surface area contributed by atoms with E-state index in [0.29, 0.717) is 22.5 Å². The first-order valence-corrected chi connectivity index (χ1v) is 12.1. The van der Waals surface area contributed by atoms with E-state index in [1.807, 2.05) is 36.4 Å². The summed E-state index contributed by atoms with van der Waals surface area (Å²) in [6.45, 7) is 1.77. The smallest absolute Gasteiger partial charge is 0.281 e. The van der Waals surface area contributed by atoms with Crippen LogP contribution in [0.5, 0.6) is 0 Å². The Kier molecular flexibility index (Phi) is 7.73. The molecule has 6 nitrogen and oxygen atoms in total. The number of aliphatic hydroxyl groups is 1. The average Bonchev–Trinajstić information content (AvgIpc) is 2.92. The van der Waals surface area contributed by atoms with Crippen molar-refractivity contribution in [3.05, 3.63) is 102 Å². The molecule has 1 saturated carbocycles. The Morgan fingerprint density at radius 2 is 1.46 bits per heavy atom. The van der Waals surface area contributed by atoms with Crippen LogP contribution in [0.1, 0.15) is 55.7 Å². The molecule has 1 aliphatic carbocycles. The monoisotopic (exact) mass is 469 g/mol. The minimum Gasteiger partial charge on any atom is -0.372 e. The summed E-state index contributed by atoms with van der Waals surface area (Å²) in [5, 5.41) is 18.8. The molecule has 0 aliphatic heterocycles. The summed E-state index contributed by atoms with van der Waals surface area (Å²) in [6, 6.07) is 25.0. The van der Waals surface area contributed by atoms with Crippen LogP contribution >= 0.6 is 0 Å². The number of rotatable bonds is 7. The molecule has 0 atom stereocenters. The second-order valence-corrected chi connectivity index (χ2v) is 8.99. The van der Waals surface area contributed by atoms with Gasteiger partial charge in [-0.2, -0.15) is 5.10 Å². The van der Waals surface area contributed by atoms with E-state index in [4.69, 9.17) is 0 Å². The Balaban J connectivity index is 1.51. The van der Waals surface area contributed by atoms with Crippen LogP contribution in [0.25, 0.3) is 0 Å². The van der Waals surface area contributed by atoms with Gasteiger partial charge in [0.1, 0.15) is 0 Å². The maximum Gasteiger partial charge on any atom is 0.281 e. The Labute approximate surface area is 206 Å². The Morgan fingerprint density at radius 1 is 0.857 bits per heavy atom. The van der Waals surface area contributed by atoms with E-state index in [0.717, 1.165) is 31.2 Å². The average molecular weight is 470 g/mol. The lowest BCUT2D eigenvalue weighted by molar-refractivity contribution is -0.136. The number of hydrogen-bond donors (Lipinski definition) is 3. The van der Waals surface area contributed by atoms with E-state index in [-0.39, 0.29) is 11.8 Å². The van der Waals surface area contributed by atoms with Gasteiger partial charge in [0.2, 0.25) is 5.91 Å². The number of hydrazone groups is 1. The van der Waals surface area contributed by atoms with Crippen LogP contribution in [0.4, 0.5) is 5.69 Å². The van der Waals surface area contributed by atoms with Gasteiger partial charge >= 0.3 is 0 Å². The van der Waals surface area contributed by atoms with E-state index >= 15 is 0 Å². The van der Waals surface area contributed by atoms with Gasteiger partial charge in [0.15, 0.2) is 5.60 Å². The van der Waals surface area contributed by atoms with Crippen molar-refractivity contribution in [3.8, 4) is 0 Å². The van der Waals surface area contributed by atoms with E-state index in [2.05, 4.69) is 15.8 Å². The molecule has 0 aromatic heterocycles. The molecule has 6 heteroatoms. The van der Waals surface area contributed by atoms with Gasteiger partial charge in [0.05, 0.1) is 5.71 Å². The van der Waals surface area contributed by atoms with E-state index in [9.17, 15) is 14.7 Å². The van der Waals surface area contributed by atoms with Gasteiger partial charge in [-0.05, 0) is 48.6 Å². The van der Waals surface area contributed by atoms with Crippen molar-refractivity contribution in [2.24, 2.45) is 11.0 Å². The van der Waals surface area contributed by atoms with Gasteiger partial charge < -0.3 is 10.4 Å². The van der Waals surface area contributed by atoms with Crippen LogP contribution in [-0.2, 0) is 15.2 Å². The third-order valence-corrected chi connectivity index (χ3v) is 6.56. The van der Waals surface area contributed by atoms with Crippen molar-refractivity contribution < 1.29 is 14.7 Å². The standard InChI is InChI=1S/C29H31N3O3/c1-21(23-14-11-19-26(20-23)30-27(33)22-12-5-2-6-13-22)31-32-28(34)29(35,24-15-7-3-8-16-24)25-17-9-4-10-18-25/h3-4,7-11,14-20,22,35H,2,5-6,12-13H2,1H3,(H,30,33)(H,32,34)/b31-21+. The number of nitrogens with zero attached hydrogens (tertiary/aromatic N) is 1. The highest BCUT2D eigenvalue weighted by Gasteiger charge is 2.40. The van der Waals surface area contributed by atoms with Crippen molar-refractivity contribution in [3.63, 3.8) is 0 Å². The third kappa shape index (κ3) is 5.66. The molecule has 1 fully saturated rings. The van der Waals surface area contributed by atoms with Crippen LogP contribution in [-0.4, -0.2) is 22.6 Å². The van der Waals surface area contributed by atoms with E-state index in [1.165, 1.54) is 6.42 Å². The lowest BCUT2D eigenvalue weighted by Crippen LogP contribution is -2.43. The minimum absolute atomic E-state index is 0.0560. The minimum atomic E-state index is -1.90. The Bertz CT molecular complexity index is 1150. The number of carbonyl (C=O) groups excluding carboxylic acids is 2. The Hall–Kier alpha value is -3.77. The van der Waals surface area contributed by atoms with Crippen LogP contribution in [0, 0.1) is 5.92 Å². The number of anilines is 1. The topological polar surface area (TPSA) is 90.8 Å². The fraction of sp³-hybridized carbons (Fsp3) is 0.276. The van der Waals surface area contributed by atoms with E-state index < -0.39 is 11.5 Å². The molecule has 0 heterocycles. The van der Waals surface area contributed by atoms with Crippen molar-refractivity contribution in [2.45, 2.75) is 44.6 Å². The zero-order chi connectivity index (χ0) is 24.7. The molecular weight excluding hydrogens is 438 g/mol. The number of amides is 2. The van der Waals surface area contributed by atoms with Crippen molar-refractivity contribution in [1.29, 1.82) is 0 Å². The summed E-state index contributed by atoms with van der Waals surface area (Å²) in [5.74, 6) is -0.536. The first-order valence-electron chi connectivity index (χ1n) is 12.1. The molecule has 35 heavy (non-hydrogen) atoms. The fourth-order valence-electron chi connectivity index (χ4n) is 4.50. The summed E-state index contributed by atoms with van der Waals surface area (Å²) in [6.07, 6.45) is 5.27. The van der Waals surface area contributed by atoms with Crippen molar-refractivity contribution in [2.75, 3.05) is 5.32 Å². The molecular formula is C29H31N3O3. The maximum absolute atomic E-state index is 13.3. The predicted molar refractivity (Wildman–Crippen MR) is 138 cm³/mol. The van der Waals surface area contributed by atoms with Gasteiger partial charge in [-0.15, -0.1) is 0 Å². The summed E-state index contributed by atoms with van der Waals surface area (Å²) >= 11 is 0. The summed E-state index contributed by atoms with van der Waals surface area (Å²) in [7, 11) is 0. The molecule has 0 unspecified atom stereocenters. The van der Waals surface area contributed by atoms with Gasteiger partial charge in [-0.25, -0.2) is 5.43 Å². The largest absolute Gasteiger partial charge is 0.372 e. The molecule has 1 aliphatic rings. The molecule has 0 spiro atoms. The Morgan fingerprint density at radius 3 is 2.06 bits per heavy atom. The van der Waals surface area contributed by atoms with Gasteiger partial charge in [-0.3, -0.25) is 9.59 Å². The van der Waals surface area contributed by atoms with E-state index in [1.54, 1.807) is 55.5 Å². The molecule has 0 bridgehead atoms. The molecule has 3 N–H and O–H groups in total. The van der Waals surface area contributed by atoms with Crippen LogP contribution < -0.4 is 10.7 Å². The molecule has 0 radical (unpaired) electrons. The highest BCUT2D eigenvalue weighted by atomic mass is 16.3. The van der Waals surface area contributed by atoms with Gasteiger partial charge in [-0.1, -0.05) is 92.1 Å². The summed E-state index contributed by atoms with van der Waals surface area (Å²) in [4.78, 5) is 25.9. The first kappa shape index (κ1) is 24.4. The second-order valence-electron chi connectivity index (χ2n) is 8.99. The first-order chi connectivity index (χ1) is 17.0. The summed E-state index contributed by atoms with van der Waals surface area (Å²) in [5.41, 5.74) is 3.55. The lowest BCUT2D eigenvalue weighted by atomic mass is 9.85. The predicted octanol–water partition coefficient (Wildman–Crippen LogP) is 4.98.